The van der Waals surface area contributed by atoms with Crippen molar-refractivity contribution in [3.63, 3.8) is 0 Å². The molecule has 3 saturated heterocycles. The lowest BCUT2D eigenvalue weighted by Crippen LogP contribution is -2.58. The Kier molecular flexibility index (Phi) is 12.1. The third-order valence-electron chi connectivity index (χ3n) is 11.5. The van der Waals surface area contributed by atoms with E-state index >= 15 is 0 Å². The van der Waals surface area contributed by atoms with Crippen molar-refractivity contribution in [2.24, 2.45) is 45.8 Å². The summed E-state index contributed by atoms with van der Waals surface area (Å²) in [5.41, 5.74) is -3.76. The molecule has 3 heterocycles. The highest BCUT2D eigenvalue weighted by Gasteiger charge is 2.57. The van der Waals surface area contributed by atoms with Gasteiger partial charge in [-0.2, -0.15) is 0 Å². The van der Waals surface area contributed by atoms with Crippen LogP contribution in [0.15, 0.2) is 0 Å². The van der Waals surface area contributed by atoms with Crippen molar-refractivity contribution in [2.45, 2.75) is 93.9 Å². The number of rotatable bonds is 14. The van der Waals surface area contributed by atoms with E-state index < -0.39 is 51.7 Å². The molecule has 0 aromatic rings. The summed E-state index contributed by atoms with van der Waals surface area (Å²) in [5, 5.41) is 8.51. The number of nitrogens with one attached hydrogen (secondary N) is 3. The number of imide groups is 3. The van der Waals surface area contributed by atoms with Crippen LogP contribution < -0.4 is 16.0 Å². The van der Waals surface area contributed by atoms with Crippen LogP contribution in [0.3, 0.4) is 0 Å². The maximum absolute atomic E-state index is 14.0. The smallest absolute Gasteiger partial charge is 0.233 e. The third-order valence-corrected chi connectivity index (χ3v) is 11.5. The van der Waals surface area contributed by atoms with Crippen LogP contribution in [-0.2, 0) is 43.2 Å². The zero-order chi connectivity index (χ0) is 38.9. The van der Waals surface area contributed by atoms with Crippen LogP contribution in [0.4, 0.5) is 0 Å². The zero-order valence-corrected chi connectivity index (χ0v) is 31.9. The van der Waals surface area contributed by atoms with Crippen LogP contribution in [0.2, 0.25) is 0 Å². The van der Waals surface area contributed by atoms with E-state index in [4.69, 9.17) is 0 Å². The number of carbonyl (C=O) groups is 9. The Bertz CT molecular complexity index is 1450. The molecule has 3 aliphatic heterocycles. The van der Waals surface area contributed by atoms with Crippen LogP contribution in [-0.4, -0.2) is 107 Å². The van der Waals surface area contributed by atoms with Crippen molar-refractivity contribution in [1.82, 2.24) is 30.7 Å². The molecule has 4 rings (SSSR count). The van der Waals surface area contributed by atoms with Crippen molar-refractivity contribution in [3.05, 3.63) is 0 Å². The molecule has 4 fully saturated rings. The van der Waals surface area contributed by atoms with Crippen molar-refractivity contribution in [2.75, 3.05) is 39.3 Å². The number of amides is 9. The van der Waals surface area contributed by atoms with Crippen molar-refractivity contribution < 1.29 is 43.2 Å². The highest BCUT2D eigenvalue weighted by Crippen LogP contribution is 2.55. The van der Waals surface area contributed by atoms with Gasteiger partial charge >= 0.3 is 0 Å². The van der Waals surface area contributed by atoms with Gasteiger partial charge in [-0.1, -0.05) is 55.4 Å². The van der Waals surface area contributed by atoms with E-state index in [1.54, 1.807) is 27.7 Å². The molecule has 15 nitrogen and oxygen atoms in total. The second kappa shape index (κ2) is 15.4. The minimum absolute atomic E-state index is 0.00184. The number of hydrogen-bond donors (Lipinski definition) is 3. The molecule has 0 aromatic carbocycles. The molecule has 288 valence electrons. The van der Waals surface area contributed by atoms with Crippen LogP contribution in [0, 0.1) is 45.8 Å². The van der Waals surface area contributed by atoms with Crippen LogP contribution in [0.25, 0.3) is 0 Å². The van der Waals surface area contributed by atoms with E-state index in [-0.39, 0.29) is 125 Å². The summed E-state index contributed by atoms with van der Waals surface area (Å²) in [5.74, 6) is -4.29. The Balaban J connectivity index is 1.47. The fourth-order valence-electron chi connectivity index (χ4n) is 8.75. The van der Waals surface area contributed by atoms with E-state index in [1.165, 1.54) is 9.80 Å². The molecule has 1 aliphatic carbocycles. The molecule has 0 radical (unpaired) electrons. The largest absolute Gasteiger partial charge is 0.354 e. The summed E-state index contributed by atoms with van der Waals surface area (Å²) in [6, 6.07) is 0. The first-order valence-corrected chi connectivity index (χ1v) is 18.5. The number of nitrogens with zero attached hydrogens (tertiary/aromatic N) is 3. The van der Waals surface area contributed by atoms with E-state index in [0.717, 1.165) is 4.90 Å². The molecule has 0 bridgehead atoms. The lowest BCUT2D eigenvalue weighted by atomic mass is 9.53. The Morgan fingerprint density at radius 2 is 0.846 bits per heavy atom. The molecule has 1 saturated carbocycles. The van der Waals surface area contributed by atoms with Gasteiger partial charge < -0.3 is 16.0 Å². The fourth-order valence-corrected chi connectivity index (χ4v) is 8.75. The minimum Gasteiger partial charge on any atom is -0.354 e. The molecular formula is C37H56N6O9. The average Bonchev–Trinajstić information content (AvgIpc) is 3.60. The molecule has 9 amide bonds. The SMILES string of the molecule is CC1CC(=O)N(CCNC(=O)[C@]2(C)C[C@](C)(C(=O)NCCN3C(=O)CC(C(C)C)C3=O)C[C@](C)(C(=O)NCCN3C(=O)CC(C(C)C)C3=O)C2)C1=O. The average molecular weight is 729 g/mol. The maximum Gasteiger partial charge on any atom is 0.233 e. The first kappa shape index (κ1) is 40.6. The molecule has 15 heteroatoms. The van der Waals surface area contributed by atoms with Crippen LogP contribution in [0.5, 0.6) is 0 Å². The first-order valence-electron chi connectivity index (χ1n) is 18.5. The van der Waals surface area contributed by atoms with Crippen molar-refractivity contribution in [3.8, 4) is 0 Å². The van der Waals surface area contributed by atoms with Gasteiger partial charge in [-0.05, 0) is 31.1 Å². The van der Waals surface area contributed by atoms with Gasteiger partial charge in [-0.25, -0.2) is 0 Å². The van der Waals surface area contributed by atoms with Gasteiger partial charge in [0.25, 0.3) is 0 Å². The summed E-state index contributed by atoms with van der Waals surface area (Å²) < 4.78 is 0. The predicted molar refractivity (Wildman–Crippen MR) is 187 cm³/mol. The van der Waals surface area contributed by atoms with Gasteiger partial charge in [0.1, 0.15) is 0 Å². The molecule has 3 N–H and O–H groups in total. The second-order valence-electron chi connectivity index (χ2n) is 16.8. The number of hydrogen-bond acceptors (Lipinski definition) is 9. The Labute approximate surface area is 305 Å². The standard InChI is InChI=1S/C37H56N6O9/c1-21(2)24-16-27(45)42(30(24)48)13-10-39-33(51)36(7)18-35(6,32(50)38-9-12-41-26(44)15-23(5)29(41)47)19-37(8,20-36)34(52)40-11-14-43-28(46)17-25(22(3)4)31(43)49/h21-25H,9-20H2,1-8H3,(H,38,50)(H,39,51)(H,40,52)/t23?,24?,25?,35-,36+,37-. The number of likely N-dealkylation sites (tertiary alicyclic amines) is 3. The molecule has 6 atom stereocenters. The van der Waals surface area contributed by atoms with E-state index in [0.29, 0.717) is 0 Å². The molecular weight excluding hydrogens is 672 g/mol. The summed E-state index contributed by atoms with van der Waals surface area (Å²) in [7, 11) is 0. The van der Waals surface area contributed by atoms with Crippen LogP contribution >= 0.6 is 0 Å². The lowest BCUT2D eigenvalue weighted by molar-refractivity contribution is -0.155. The lowest BCUT2D eigenvalue weighted by Gasteiger charge is -2.50. The number of carbonyl (C=O) groups excluding carboxylic acids is 9. The third kappa shape index (κ3) is 8.22. The summed E-state index contributed by atoms with van der Waals surface area (Å²) in [4.78, 5) is 121. The van der Waals surface area contributed by atoms with Gasteiger partial charge in [0.15, 0.2) is 0 Å². The fraction of sp³-hybridized carbons (Fsp3) is 0.757. The second-order valence-corrected chi connectivity index (χ2v) is 16.8. The van der Waals surface area contributed by atoms with E-state index in [9.17, 15) is 43.2 Å². The zero-order valence-electron chi connectivity index (χ0n) is 31.9. The van der Waals surface area contributed by atoms with Gasteiger partial charge in [-0.3, -0.25) is 57.9 Å². The monoisotopic (exact) mass is 728 g/mol. The van der Waals surface area contributed by atoms with Gasteiger partial charge in [0, 0.05) is 92.5 Å². The highest BCUT2D eigenvalue weighted by atomic mass is 16.2. The topological polar surface area (TPSA) is 199 Å². The maximum atomic E-state index is 14.0. The van der Waals surface area contributed by atoms with Crippen LogP contribution in [0.1, 0.15) is 93.9 Å². The summed E-state index contributed by atoms with van der Waals surface area (Å²) >= 11 is 0. The minimum atomic E-state index is -1.25. The Morgan fingerprint density at radius 3 is 1.10 bits per heavy atom. The molecule has 4 aliphatic rings. The van der Waals surface area contributed by atoms with Gasteiger partial charge in [0.2, 0.25) is 53.2 Å². The van der Waals surface area contributed by atoms with Crippen molar-refractivity contribution >= 4 is 53.2 Å². The van der Waals surface area contributed by atoms with E-state index in [1.807, 2.05) is 27.7 Å². The Hall–Kier alpha value is -4.17. The molecule has 0 aromatic heterocycles. The molecule has 3 unspecified atom stereocenters. The first-order chi connectivity index (χ1) is 24.1. The van der Waals surface area contributed by atoms with E-state index in [2.05, 4.69) is 16.0 Å². The van der Waals surface area contributed by atoms with Gasteiger partial charge in [0.05, 0.1) is 0 Å². The predicted octanol–water partition coefficient (Wildman–Crippen LogP) is 0.995. The summed E-state index contributed by atoms with van der Waals surface area (Å²) in [6.45, 7) is 14.2. The molecule has 0 spiro atoms. The summed E-state index contributed by atoms with van der Waals surface area (Å²) in [6.07, 6.45) is 0.541. The quantitative estimate of drug-likeness (QED) is 0.218. The Morgan fingerprint density at radius 1 is 0.558 bits per heavy atom. The van der Waals surface area contributed by atoms with Gasteiger partial charge in [-0.15, -0.1) is 0 Å². The molecule has 52 heavy (non-hydrogen) atoms. The highest BCUT2D eigenvalue weighted by molar-refractivity contribution is 6.05. The normalized spacial score (nSPS) is 31.0. The van der Waals surface area contributed by atoms with Crippen molar-refractivity contribution in [1.29, 1.82) is 0 Å².